The minimum Gasteiger partial charge on any atom is -0.449 e. The fraction of sp³-hybridized carbons (Fsp3) is 0.557. The highest BCUT2D eigenvalue weighted by Gasteiger charge is 2.35. The molecule has 34 nitrogen and oxygen atoms in total. The summed E-state index contributed by atoms with van der Waals surface area (Å²) in [7, 11) is 0. The summed E-state index contributed by atoms with van der Waals surface area (Å²) < 4.78 is 5.80. The third kappa shape index (κ3) is 31.2. The van der Waals surface area contributed by atoms with Crippen LogP contribution in [0.2, 0.25) is 0 Å². The number of primary amides is 1. The number of carbonyl (C=O) groups excluding carboxylic acids is 8. The molecular weight excluding hydrogens is 1230 g/mol. The van der Waals surface area contributed by atoms with Crippen LogP contribution in [0, 0.1) is 21.6 Å². The van der Waals surface area contributed by atoms with E-state index in [1.54, 1.807) is 0 Å². The second-order valence-corrected chi connectivity index (χ2v) is 23.2. The van der Waals surface area contributed by atoms with Gasteiger partial charge < -0.3 is 105 Å². The molecular formula is C61H101N25O9. The Hall–Kier alpha value is -10.3. The largest absolute Gasteiger partial charge is 0.449 e. The molecule has 34 heteroatoms. The summed E-state index contributed by atoms with van der Waals surface area (Å²) in [6.45, 7) is -0.0296. The SMILES string of the molecule is N=C(N)CCCC[C@H](NC(=O)[C@H](CCCN=C(N)N)NC(=O)[C@H](CCCCC(=N)N)NC(=O)[C@H](CCCN=C(N)N)NC(=O)[C@H](CCCCC(=N)N)NC(=O)[C@H](CCCN=C(N)N)NC(=O)[C@H](CCCCC(=N)N)NC(=O)OCC1c2ccccc2-c2ccccc21)C(N)=O. The maximum Gasteiger partial charge on any atom is 0.407 e. The quantitative estimate of drug-likeness (QED) is 0.0202. The second-order valence-electron chi connectivity index (χ2n) is 23.2. The van der Waals surface area contributed by atoms with Gasteiger partial charge in [0, 0.05) is 51.2 Å². The molecule has 2 aromatic carbocycles. The Bertz CT molecular complexity index is 2970. The molecule has 1 aliphatic rings. The number of guanidine groups is 3. The molecule has 8 amide bonds. The van der Waals surface area contributed by atoms with Gasteiger partial charge in [-0.25, -0.2) is 4.79 Å². The molecule has 0 saturated heterocycles. The van der Waals surface area contributed by atoms with Crippen LogP contribution in [0.25, 0.3) is 11.1 Å². The first-order chi connectivity index (χ1) is 45.2. The van der Waals surface area contributed by atoms with Gasteiger partial charge in [-0.05, 0) is 112 Å². The molecule has 1 aliphatic carbocycles. The first kappa shape index (κ1) is 78.9. The van der Waals surface area contributed by atoms with E-state index in [1.165, 1.54) is 0 Å². The molecule has 0 radical (unpaired) electrons. The van der Waals surface area contributed by atoms with E-state index >= 15 is 0 Å². The number of alkyl carbamates (subject to hydrolysis) is 1. The van der Waals surface area contributed by atoms with Gasteiger partial charge in [0.2, 0.25) is 41.4 Å². The Morgan fingerprint density at radius 2 is 0.611 bits per heavy atom. The van der Waals surface area contributed by atoms with Crippen LogP contribution in [0.15, 0.2) is 63.5 Å². The van der Waals surface area contributed by atoms with E-state index in [0.29, 0.717) is 38.5 Å². The van der Waals surface area contributed by atoms with Crippen molar-refractivity contribution >= 4 is 88.7 Å². The molecule has 0 fully saturated rings. The number of hydrogen-bond acceptors (Lipinski definition) is 16. The van der Waals surface area contributed by atoms with Crippen molar-refractivity contribution in [3.63, 3.8) is 0 Å². The van der Waals surface area contributed by atoms with E-state index in [1.807, 2.05) is 48.5 Å². The van der Waals surface area contributed by atoms with Crippen LogP contribution in [0.4, 0.5) is 4.79 Å². The van der Waals surface area contributed by atoms with Gasteiger partial charge in [0.1, 0.15) is 48.9 Å². The number of fused-ring (bicyclic) bond motifs is 3. The van der Waals surface area contributed by atoms with Crippen molar-refractivity contribution in [3.05, 3.63) is 59.7 Å². The van der Waals surface area contributed by atoms with Crippen molar-refractivity contribution in [3.8, 4) is 11.1 Å². The normalized spacial score (nSPS) is 13.5. The summed E-state index contributed by atoms with van der Waals surface area (Å²) in [6, 6.07) is 5.96. The minimum absolute atomic E-state index is 0.0167. The Labute approximate surface area is 553 Å². The molecule has 0 heterocycles. The Kier molecular flexibility index (Phi) is 35.5. The van der Waals surface area contributed by atoms with Gasteiger partial charge >= 0.3 is 6.09 Å². The summed E-state index contributed by atoms with van der Waals surface area (Å²) >= 11 is 0. The zero-order chi connectivity index (χ0) is 70.4. The van der Waals surface area contributed by atoms with E-state index in [-0.39, 0.29) is 176 Å². The number of benzene rings is 2. The van der Waals surface area contributed by atoms with Crippen LogP contribution in [-0.2, 0) is 38.3 Å². The minimum atomic E-state index is -1.47. The molecule has 7 atom stereocenters. The van der Waals surface area contributed by atoms with Gasteiger partial charge in [-0.15, -0.1) is 0 Å². The van der Waals surface area contributed by atoms with Crippen LogP contribution in [0.5, 0.6) is 0 Å². The van der Waals surface area contributed by atoms with E-state index in [9.17, 15) is 38.4 Å². The molecule has 0 bridgehead atoms. The van der Waals surface area contributed by atoms with Crippen molar-refractivity contribution in [1.29, 1.82) is 21.6 Å². The molecule has 524 valence electrons. The Morgan fingerprint density at radius 1 is 0.358 bits per heavy atom. The third-order valence-electron chi connectivity index (χ3n) is 15.4. The topological polar surface area (TPSA) is 649 Å². The lowest BCUT2D eigenvalue weighted by Crippen LogP contribution is -2.60. The zero-order valence-corrected chi connectivity index (χ0v) is 54.0. The number of ether oxygens (including phenoxy) is 1. The van der Waals surface area contributed by atoms with Crippen LogP contribution in [0.3, 0.4) is 0 Å². The van der Waals surface area contributed by atoms with Crippen LogP contribution >= 0.6 is 0 Å². The summed E-state index contributed by atoms with van der Waals surface area (Å²) in [5, 5.41) is 49.6. The highest BCUT2D eigenvalue weighted by molar-refractivity contribution is 5.98. The molecule has 0 saturated carbocycles. The van der Waals surface area contributed by atoms with E-state index < -0.39 is 89.7 Å². The van der Waals surface area contributed by atoms with E-state index in [4.69, 9.17) is 89.4 Å². The second kappa shape index (κ2) is 42.8. The zero-order valence-electron chi connectivity index (χ0n) is 54.0. The predicted molar refractivity (Wildman–Crippen MR) is 364 cm³/mol. The first-order valence-electron chi connectivity index (χ1n) is 31.9. The third-order valence-corrected chi connectivity index (χ3v) is 15.4. The number of nitrogens with zero attached hydrogens (tertiary/aromatic N) is 3. The number of hydrogen-bond donors (Lipinski definition) is 22. The van der Waals surface area contributed by atoms with Crippen molar-refractivity contribution in [2.75, 3.05) is 26.2 Å². The van der Waals surface area contributed by atoms with Gasteiger partial charge in [0.05, 0.1) is 23.3 Å². The molecule has 33 N–H and O–H groups in total. The fourth-order valence-corrected chi connectivity index (χ4v) is 10.5. The summed E-state index contributed by atoms with van der Waals surface area (Å²) in [5.74, 6) is -7.40. The van der Waals surface area contributed by atoms with Gasteiger partial charge in [-0.2, -0.15) is 0 Å². The number of unbranched alkanes of at least 4 members (excludes halogenated alkanes) is 4. The van der Waals surface area contributed by atoms with Gasteiger partial charge in [-0.3, -0.25) is 70.2 Å². The van der Waals surface area contributed by atoms with E-state index in [2.05, 4.69) is 52.2 Å². The maximum absolute atomic E-state index is 14.8. The van der Waals surface area contributed by atoms with Gasteiger partial charge in [-0.1, -0.05) is 74.2 Å². The summed E-state index contributed by atoms with van der Waals surface area (Å²) in [4.78, 5) is 126. The molecule has 0 aromatic heterocycles. The summed E-state index contributed by atoms with van der Waals surface area (Å²) in [5.41, 5.74) is 65.5. The highest BCUT2D eigenvalue weighted by atomic mass is 16.5. The monoisotopic (exact) mass is 1330 g/mol. The van der Waals surface area contributed by atoms with E-state index in [0.717, 1.165) is 22.3 Å². The Morgan fingerprint density at radius 3 is 0.884 bits per heavy atom. The lowest BCUT2D eigenvalue weighted by Gasteiger charge is -2.28. The Balaban J connectivity index is 2.02. The average molecular weight is 1330 g/mol. The lowest BCUT2D eigenvalue weighted by molar-refractivity contribution is -0.135. The van der Waals surface area contributed by atoms with Gasteiger partial charge in [0.15, 0.2) is 17.9 Å². The number of amides is 8. The average Bonchev–Trinajstić information content (AvgIpc) is 1.62. The molecule has 0 unspecified atom stereocenters. The number of amidine groups is 4. The van der Waals surface area contributed by atoms with Crippen molar-refractivity contribution in [2.24, 2.45) is 78.0 Å². The number of nitrogens with two attached hydrogens (primary N) is 11. The number of nitrogens with one attached hydrogen (secondary N) is 11. The standard InChI is InChI=1S/C61H101N25O9/c62-47(63)27-9-5-20-40(51(70)87)80-52(88)43(24-13-31-77-58(71)72)83-53(89)41(21-6-10-28-48(64)65)81-55(91)44(25-14-32-78-59(73)74)84-54(90)42(22-7-11-29-49(66)67)82-56(92)45(26-15-33-79-60(75)76)85-57(93)46(23-8-12-30-50(68)69)86-61(94)95-34-39-37-18-3-1-16-35(37)36-17-2-4-19-38(36)39/h1-4,16-19,39-46H,5-15,20-34H2,(H3,62,63)(H3,64,65)(H3,66,67)(H3,68,69)(H2,70,87)(H,80,88)(H,81,91)(H,82,92)(H,83,89)(H,84,90)(H,85,93)(H,86,94)(H4,71,72,77)(H4,73,74,78)(H4,75,76,79)/t40-,41-,42-,43-,44-,45-,46-/m0/s1. The fourth-order valence-electron chi connectivity index (χ4n) is 10.5. The molecule has 0 spiro atoms. The van der Waals surface area contributed by atoms with Crippen molar-refractivity contribution < 1.29 is 43.1 Å². The molecule has 0 aliphatic heterocycles. The van der Waals surface area contributed by atoms with Crippen LogP contribution in [0.1, 0.15) is 158 Å². The number of aliphatic imine (C=N–C) groups is 3. The lowest BCUT2D eigenvalue weighted by atomic mass is 9.98. The highest BCUT2D eigenvalue weighted by Crippen LogP contribution is 2.44. The smallest absolute Gasteiger partial charge is 0.407 e. The molecule has 2 aromatic rings. The molecule has 95 heavy (non-hydrogen) atoms. The summed E-state index contributed by atoms with van der Waals surface area (Å²) in [6.07, 6.45) is 2.28. The predicted octanol–water partition coefficient (Wildman–Crippen LogP) is -1.57. The van der Waals surface area contributed by atoms with Crippen LogP contribution in [-0.4, -0.2) is 157 Å². The van der Waals surface area contributed by atoms with Crippen LogP contribution < -0.4 is 100 Å². The van der Waals surface area contributed by atoms with Crippen molar-refractivity contribution in [1.82, 2.24) is 37.2 Å². The number of rotatable bonds is 48. The number of carbonyl (C=O) groups is 8. The van der Waals surface area contributed by atoms with Crippen molar-refractivity contribution in [2.45, 2.75) is 189 Å². The first-order valence-corrected chi connectivity index (χ1v) is 31.9. The maximum atomic E-state index is 14.8. The van der Waals surface area contributed by atoms with Gasteiger partial charge in [0.25, 0.3) is 0 Å². The molecule has 3 rings (SSSR count).